The van der Waals surface area contributed by atoms with Gasteiger partial charge >= 0.3 is 0 Å². The summed E-state index contributed by atoms with van der Waals surface area (Å²) in [6, 6.07) is 2.03. The Morgan fingerprint density at radius 2 is 1.64 bits per heavy atom. The van der Waals surface area contributed by atoms with E-state index < -0.39 is 0 Å². The van der Waals surface area contributed by atoms with Gasteiger partial charge in [0.15, 0.2) is 0 Å². The first-order valence-electron chi connectivity index (χ1n) is 10.4. The summed E-state index contributed by atoms with van der Waals surface area (Å²) in [5.41, 5.74) is 2.10. The van der Waals surface area contributed by atoms with E-state index in [2.05, 4.69) is 31.7 Å². The van der Waals surface area contributed by atoms with Crippen molar-refractivity contribution in [3.05, 3.63) is 29.6 Å². The van der Waals surface area contributed by atoms with Gasteiger partial charge in [-0.25, -0.2) is 15.0 Å². The minimum absolute atomic E-state index is 0.251. The third-order valence-corrected chi connectivity index (χ3v) is 6.18. The molecule has 2 fully saturated rings. The molecule has 2 aromatic rings. The first-order chi connectivity index (χ1) is 13.5. The minimum Gasteiger partial charge on any atom is -0.353 e. The van der Waals surface area contributed by atoms with Crippen LogP contribution in [0.15, 0.2) is 12.4 Å². The Labute approximate surface area is 166 Å². The molecule has 1 aliphatic heterocycles. The summed E-state index contributed by atoms with van der Waals surface area (Å²) in [4.78, 5) is 30.8. The van der Waals surface area contributed by atoms with Gasteiger partial charge in [-0.05, 0) is 33.6 Å². The number of amides is 1. The van der Waals surface area contributed by atoms with Gasteiger partial charge in [0, 0.05) is 43.9 Å². The summed E-state index contributed by atoms with van der Waals surface area (Å²) in [5.74, 6) is 3.14. The van der Waals surface area contributed by atoms with Crippen LogP contribution in [0, 0.1) is 26.7 Å². The number of aromatic nitrogens is 4. The van der Waals surface area contributed by atoms with Gasteiger partial charge < -0.3 is 9.80 Å². The zero-order valence-electron chi connectivity index (χ0n) is 17.2. The Kier molecular flexibility index (Phi) is 5.33. The number of carbonyl (C=O) groups excluding carboxylic acids is 1. The van der Waals surface area contributed by atoms with Gasteiger partial charge in [0.2, 0.25) is 5.91 Å². The molecule has 0 radical (unpaired) electrons. The first kappa shape index (κ1) is 18.9. The van der Waals surface area contributed by atoms with Gasteiger partial charge in [0.05, 0.1) is 5.69 Å². The molecule has 0 bridgehead atoms. The van der Waals surface area contributed by atoms with Crippen LogP contribution in [-0.4, -0.2) is 56.5 Å². The fourth-order valence-electron chi connectivity index (χ4n) is 4.32. The number of carbonyl (C=O) groups is 1. The molecule has 2 aliphatic rings. The number of anilines is 1. The van der Waals surface area contributed by atoms with Crippen molar-refractivity contribution in [3.63, 3.8) is 0 Å². The van der Waals surface area contributed by atoms with Crippen molar-refractivity contribution >= 4 is 11.7 Å². The van der Waals surface area contributed by atoms with E-state index in [1.165, 1.54) is 19.3 Å². The third-order valence-electron chi connectivity index (χ3n) is 6.18. The highest BCUT2D eigenvalue weighted by molar-refractivity contribution is 5.79. The summed E-state index contributed by atoms with van der Waals surface area (Å²) in [6.07, 6.45) is 7.63. The van der Waals surface area contributed by atoms with Crippen molar-refractivity contribution in [1.29, 1.82) is 0 Å². The average Bonchev–Trinajstić information content (AvgIpc) is 3.06. The van der Waals surface area contributed by atoms with Crippen molar-refractivity contribution in [2.75, 3.05) is 31.1 Å². The number of hydrogen-bond donors (Lipinski definition) is 0. The van der Waals surface area contributed by atoms with E-state index in [-0.39, 0.29) is 5.92 Å². The van der Waals surface area contributed by atoms with Crippen molar-refractivity contribution in [1.82, 2.24) is 24.4 Å². The molecule has 150 valence electrons. The number of nitrogens with zero attached hydrogens (tertiary/aromatic N) is 6. The molecule has 1 aliphatic carbocycles. The van der Waals surface area contributed by atoms with E-state index in [1.807, 2.05) is 30.8 Å². The number of hydrogen-bond acceptors (Lipinski definition) is 5. The number of imidazole rings is 1. The van der Waals surface area contributed by atoms with E-state index in [1.54, 1.807) is 0 Å². The maximum absolute atomic E-state index is 12.8. The third kappa shape index (κ3) is 3.75. The van der Waals surface area contributed by atoms with Gasteiger partial charge in [-0.2, -0.15) is 0 Å². The van der Waals surface area contributed by atoms with Gasteiger partial charge in [-0.15, -0.1) is 0 Å². The maximum atomic E-state index is 12.8. The first-order valence-corrected chi connectivity index (χ1v) is 10.4. The van der Waals surface area contributed by atoms with Gasteiger partial charge in [0.1, 0.15) is 23.8 Å². The van der Waals surface area contributed by atoms with Gasteiger partial charge in [-0.1, -0.05) is 19.3 Å². The molecule has 2 aromatic heterocycles. The van der Waals surface area contributed by atoms with Crippen molar-refractivity contribution in [2.45, 2.75) is 52.9 Å². The van der Waals surface area contributed by atoms with Crippen molar-refractivity contribution < 1.29 is 4.79 Å². The van der Waals surface area contributed by atoms with Crippen LogP contribution < -0.4 is 4.90 Å². The molecule has 7 heteroatoms. The summed E-state index contributed by atoms with van der Waals surface area (Å²) in [5, 5.41) is 0. The molecule has 0 N–H and O–H groups in total. The Hall–Kier alpha value is -2.44. The SMILES string of the molecule is Cc1nc(N2CCN(C(=O)C3CCCCC3)CC2)cc(-n2cnc(C)c2C)n1. The van der Waals surface area contributed by atoms with Crippen LogP contribution in [0.3, 0.4) is 0 Å². The summed E-state index contributed by atoms with van der Waals surface area (Å²) >= 11 is 0. The van der Waals surface area contributed by atoms with Crippen LogP contribution in [0.1, 0.15) is 49.3 Å². The van der Waals surface area contributed by atoms with Crippen molar-refractivity contribution in [3.8, 4) is 5.82 Å². The summed E-state index contributed by atoms with van der Waals surface area (Å²) in [6.45, 7) is 9.16. The molecule has 0 aromatic carbocycles. The summed E-state index contributed by atoms with van der Waals surface area (Å²) in [7, 11) is 0. The Morgan fingerprint density at radius 1 is 0.964 bits per heavy atom. The van der Waals surface area contributed by atoms with Crippen LogP contribution in [0.2, 0.25) is 0 Å². The average molecular weight is 383 g/mol. The lowest BCUT2D eigenvalue weighted by Crippen LogP contribution is -2.50. The monoisotopic (exact) mass is 382 g/mol. The molecular weight excluding hydrogens is 352 g/mol. The second-order valence-electron chi connectivity index (χ2n) is 8.06. The molecule has 0 spiro atoms. The van der Waals surface area contributed by atoms with Crippen LogP contribution in [0.5, 0.6) is 0 Å². The Bertz CT molecular complexity index is 847. The second-order valence-corrected chi connectivity index (χ2v) is 8.06. The molecule has 3 heterocycles. The normalized spacial score (nSPS) is 18.5. The largest absolute Gasteiger partial charge is 0.353 e. The minimum atomic E-state index is 0.251. The molecule has 4 rings (SSSR count). The Morgan fingerprint density at radius 3 is 2.29 bits per heavy atom. The fourth-order valence-corrected chi connectivity index (χ4v) is 4.32. The van der Waals surface area contributed by atoms with E-state index in [9.17, 15) is 4.79 Å². The van der Waals surface area contributed by atoms with Gasteiger partial charge in [-0.3, -0.25) is 9.36 Å². The lowest BCUT2D eigenvalue weighted by Gasteiger charge is -2.37. The topological polar surface area (TPSA) is 67.2 Å². The zero-order valence-corrected chi connectivity index (χ0v) is 17.2. The van der Waals surface area contributed by atoms with E-state index in [0.29, 0.717) is 5.91 Å². The van der Waals surface area contributed by atoms with Gasteiger partial charge in [0.25, 0.3) is 0 Å². The maximum Gasteiger partial charge on any atom is 0.225 e. The Balaban J connectivity index is 1.46. The molecule has 28 heavy (non-hydrogen) atoms. The molecule has 1 amide bonds. The molecule has 0 unspecified atom stereocenters. The van der Waals surface area contributed by atoms with Crippen LogP contribution >= 0.6 is 0 Å². The highest BCUT2D eigenvalue weighted by Crippen LogP contribution is 2.26. The lowest BCUT2D eigenvalue weighted by molar-refractivity contribution is -0.136. The highest BCUT2D eigenvalue weighted by Gasteiger charge is 2.29. The number of piperazine rings is 1. The predicted molar refractivity (Wildman–Crippen MR) is 109 cm³/mol. The molecule has 1 saturated heterocycles. The number of rotatable bonds is 3. The number of aryl methyl sites for hydroxylation is 2. The molecule has 7 nitrogen and oxygen atoms in total. The molecule has 0 atom stereocenters. The van der Waals surface area contributed by atoms with Crippen molar-refractivity contribution in [2.24, 2.45) is 5.92 Å². The fraction of sp³-hybridized carbons (Fsp3) is 0.619. The van der Waals surface area contributed by atoms with Crippen LogP contribution in [0.4, 0.5) is 5.82 Å². The lowest BCUT2D eigenvalue weighted by atomic mass is 9.88. The quantitative estimate of drug-likeness (QED) is 0.817. The zero-order chi connectivity index (χ0) is 19.7. The summed E-state index contributed by atoms with van der Waals surface area (Å²) < 4.78 is 2.01. The van der Waals surface area contributed by atoms with E-state index >= 15 is 0 Å². The smallest absolute Gasteiger partial charge is 0.225 e. The standard InChI is InChI=1S/C21H30N6O/c1-15-16(2)27(14-22-15)20-13-19(23-17(3)24-20)25-9-11-26(12-10-25)21(28)18-7-5-4-6-8-18/h13-14,18H,4-12H2,1-3H3. The van der Waals surface area contributed by atoms with E-state index in [4.69, 9.17) is 0 Å². The highest BCUT2D eigenvalue weighted by atomic mass is 16.2. The molecular formula is C21H30N6O. The second kappa shape index (κ2) is 7.89. The predicted octanol–water partition coefficient (Wildman–Crippen LogP) is 2.82. The van der Waals surface area contributed by atoms with E-state index in [0.717, 1.165) is 67.9 Å². The van der Waals surface area contributed by atoms with Crippen LogP contribution in [0.25, 0.3) is 5.82 Å². The molecule has 1 saturated carbocycles. The van der Waals surface area contributed by atoms with Crippen LogP contribution in [-0.2, 0) is 4.79 Å².